The summed E-state index contributed by atoms with van der Waals surface area (Å²) in [5.74, 6) is 3.50. The summed E-state index contributed by atoms with van der Waals surface area (Å²) in [5.41, 5.74) is 5.85. The molecular weight excluding hydrogens is 240 g/mol. The summed E-state index contributed by atoms with van der Waals surface area (Å²) in [6.07, 6.45) is 3.91. The molecule has 1 aliphatic carbocycles. The van der Waals surface area contributed by atoms with Gasteiger partial charge in [0.05, 0.1) is 12.1 Å². The lowest BCUT2D eigenvalue weighted by atomic mass is 10.2. The van der Waals surface area contributed by atoms with Crippen molar-refractivity contribution in [3.8, 4) is 0 Å². The van der Waals surface area contributed by atoms with Crippen LogP contribution < -0.4 is 11.1 Å². The van der Waals surface area contributed by atoms with E-state index in [1.165, 1.54) is 12.8 Å². The second kappa shape index (κ2) is 5.65. The van der Waals surface area contributed by atoms with Gasteiger partial charge in [0.1, 0.15) is 11.5 Å². The highest BCUT2D eigenvalue weighted by molar-refractivity contribution is 5.19. The molecule has 1 aliphatic heterocycles. The van der Waals surface area contributed by atoms with Crippen LogP contribution in [0.4, 0.5) is 0 Å². The standard InChI is InChI=1S/C15H24N2O2/c1-10-7-12(10)14-4-5-15(19-14)13(8-16)17-9-11-3-2-6-18-11/h4-5,10-13,17H,2-3,6-9,16H2,1H3. The Morgan fingerprint density at radius 3 is 2.95 bits per heavy atom. The number of rotatable bonds is 6. The van der Waals surface area contributed by atoms with E-state index in [1.807, 2.05) is 0 Å². The molecule has 4 nitrogen and oxygen atoms in total. The lowest BCUT2D eigenvalue weighted by Crippen LogP contribution is -2.33. The minimum atomic E-state index is 0.104. The van der Waals surface area contributed by atoms with E-state index in [-0.39, 0.29) is 6.04 Å². The molecule has 3 N–H and O–H groups in total. The van der Waals surface area contributed by atoms with Gasteiger partial charge in [-0.3, -0.25) is 0 Å². The molecule has 4 atom stereocenters. The molecule has 2 aliphatic rings. The first-order chi connectivity index (χ1) is 9.28. The maximum atomic E-state index is 5.96. The normalized spacial score (nSPS) is 31.6. The van der Waals surface area contributed by atoms with Gasteiger partial charge in [-0.15, -0.1) is 0 Å². The van der Waals surface area contributed by atoms with Crippen molar-refractivity contribution in [1.82, 2.24) is 5.32 Å². The number of nitrogens with one attached hydrogen (secondary N) is 1. The van der Waals surface area contributed by atoms with Crippen molar-refractivity contribution in [2.75, 3.05) is 19.7 Å². The molecule has 0 bridgehead atoms. The lowest BCUT2D eigenvalue weighted by Gasteiger charge is -2.17. The lowest BCUT2D eigenvalue weighted by molar-refractivity contribution is 0.107. The number of ether oxygens (including phenoxy) is 1. The van der Waals surface area contributed by atoms with Crippen LogP contribution in [-0.2, 0) is 4.74 Å². The Hall–Kier alpha value is -0.840. The molecular formula is C15H24N2O2. The Morgan fingerprint density at radius 2 is 2.32 bits per heavy atom. The van der Waals surface area contributed by atoms with Crippen LogP contribution in [-0.4, -0.2) is 25.8 Å². The summed E-state index contributed by atoms with van der Waals surface area (Å²) in [5, 5.41) is 3.47. The molecule has 0 spiro atoms. The molecule has 19 heavy (non-hydrogen) atoms. The molecule has 1 saturated heterocycles. The summed E-state index contributed by atoms with van der Waals surface area (Å²) >= 11 is 0. The third kappa shape index (κ3) is 3.02. The van der Waals surface area contributed by atoms with Crippen molar-refractivity contribution in [3.63, 3.8) is 0 Å². The first-order valence-electron chi connectivity index (χ1n) is 7.42. The zero-order valence-electron chi connectivity index (χ0n) is 11.6. The van der Waals surface area contributed by atoms with Crippen LogP contribution in [0.1, 0.15) is 49.7 Å². The molecule has 1 aromatic rings. The summed E-state index contributed by atoms with van der Waals surface area (Å²) < 4.78 is 11.6. The van der Waals surface area contributed by atoms with Crippen molar-refractivity contribution in [2.24, 2.45) is 11.7 Å². The largest absolute Gasteiger partial charge is 0.464 e. The van der Waals surface area contributed by atoms with Crippen LogP contribution in [0.5, 0.6) is 0 Å². The molecule has 4 heteroatoms. The second-order valence-corrected chi connectivity index (χ2v) is 5.89. The van der Waals surface area contributed by atoms with E-state index in [1.54, 1.807) is 0 Å². The Kier molecular flexibility index (Phi) is 3.91. The molecule has 3 rings (SSSR count). The summed E-state index contributed by atoms with van der Waals surface area (Å²) in [6.45, 7) is 4.57. The fourth-order valence-electron chi connectivity index (χ4n) is 2.85. The number of hydrogen-bond acceptors (Lipinski definition) is 4. The predicted octanol–water partition coefficient (Wildman–Crippen LogP) is 2.17. The van der Waals surface area contributed by atoms with E-state index in [0.29, 0.717) is 18.6 Å². The van der Waals surface area contributed by atoms with E-state index in [9.17, 15) is 0 Å². The van der Waals surface area contributed by atoms with Gasteiger partial charge in [-0.1, -0.05) is 6.92 Å². The van der Waals surface area contributed by atoms with Crippen LogP contribution in [0.15, 0.2) is 16.5 Å². The summed E-state index contributed by atoms with van der Waals surface area (Å²) in [7, 11) is 0. The van der Waals surface area contributed by atoms with Gasteiger partial charge >= 0.3 is 0 Å². The van der Waals surface area contributed by atoms with Crippen LogP contribution >= 0.6 is 0 Å². The van der Waals surface area contributed by atoms with E-state index >= 15 is 0 Å². The van der Waals surface area contributed by atoms with E-state index < -0.39 is 0 Å². The average molecular weight is 264 g/mol. The van der Waals surface area contributed by atoms with Gasteiger partial charge in [0.15, 0.2) is 0 Å². The fourth-order valence-corrected chi connectivity index (χ4v) is 2.85. The van der Waals surface area contributed by atoms with Gasteiger partial charge in [-0.05, 0) is 37.3 Å². The van der Waals surface area contributed by atoms with Gasteiger partial charge in [0.2, 0.25) is 0 Å². The zero-order chi connectivity index (χ0) is 13.2. The van der Waals surface area contributed by atoms with Gasteiger partial charge in [0, 0.05) is 25.6 Å². The fraction of sp³-hybridized carbons (Fsp3) is 0.733. The van der Waals surface area contributed by atoms with Crippen LogP contribution in [0.2, 0.25) is 0 Å². The van der Waals surface area contributed by atoms with Crippen LogP contribution in [0.25, 0.3) is 0 Å². The molecule has 1 aromatic heterocycles. The van der Waals surface area contributed by atoms with Gasteiger partial charge < -0.3 is 20.2 Å². The molecule has 2 fully saturated rings. The highest BCUT2D eigenvalue weighted by Gasteiger charge is 2.36. The topological polar surface area (TPSA) is 60.4 Å². The van der Waals surface area contributed by atoms with Crippen molar-refractivity contribution < 1.29 is 9.15 Å². The Bertz CT molecular complexity index is 412. The van der Waals surface area contributed by atoms with Crippen molar-refractivity contribution in [3.05, 3.63) is 23.7 Å². The van der Waals surface area contributed by atoms with Crippen molar-refractivity contribution >= 4 is 0 Å². The van der Waals surface area contributed by atoms with E-state index in [4.69, 9.17) is 14.9 Å². The highest BCUT2D eigenvalue weighted by Crippen LogP contribution is 2.47. The molecule has 1 saturated carbocycles. The number of hydrogen-bond donors (Lipinski definition) is 2. The minimum Gasteiger partial charge on any atom is -0.464 e. The third-order valence-corrected chi connectivity index (χ3v) is 4.32. The van der Waals surface area contributed by atoms with Crippen molar-refractivity contribution in [2.45, 2.75) is 44.2 Å². The number of nitrogens with two attached hydrogens (primary N) is 1. The monoisotopic (exact) mass is 264 g/mol. The molecule has 106 valence electrons. The average Bonchev–Trinajstić information content (AvgIpc) is 2.90. The molecule has 2 heterocycles. The first-order valence-corrected chi connectivity index (χ1v) is 7.42. The Balaban J connectivity index is 1.56. The van der Waals surface area contributed by atoms with Crippen molar-refractivity contribution in [1.29, 1.82) is 0 Å². The quantitative estimate of drug-likeness (QED) is 0.826. The first kappa shape index (κ1) is 13.2. The summed E-state index contributed by atoms with van der Waals surface area (Å²) in [4.78, 5) is 0. The maximum Gasteiger partial charge on any atom is 0.122 e. The SMILES string of the molecule is CC1CC1c1ccc(C(CN)NCC2CCCO2)o1. The second-order valence-electron chi connectivity index (χ2n) is 5.89. The smallest absolute Gasteiger partial charge is 0.122 e. The Labute approximate surface area is 114 Å². The van der Waals surface area contributed by atoms with Crippen LogP contribution in [0.3, 0.4) is 0 Å². The van der Waals surface area contributed by atoms with Gasteiger partial charge in [-0.2, -0.15) is 0 Å². The third-order valence-electron chi connectivity index (χ3n) is 4.32. The van der Waals surface area contributed by atoms with Gasteiger partial charge in [0.25, 0.3) is 0 Å². The van der Waals surface area contributed by atoms with E-state index in [2.05, 4.69) is 24.4 Å². The minimum absolute atomic E-state index is 0.104. The van der Waals surface area contributed by atoms with Crippen LogP contribution in [0, 0.1) is 5.92 Å². The maximum absolute atomic E-state index is 5.96. The molecule has 0 amide bonds. The number of furan rings is 1. The van der Waals surface area contributed by atoms with E-state index in [0.717, 1.165) is 37.0 Å². The highest BCUT2D eigenvalue weighted by atomic mass is 16.5. The van der Waals surface area contributed by atoms with Gasteiger partial charge in [-0.25, -0.2) is 0 Å². The Morgan fingerprint density at radius 1 is 1.47 bits per heavy atom. The zero-order valence-corrected chi connectivity index (χ0v) is 11.6. The molecule has 4 unspecified atom stereocenters. The summed E-state index contributed by atoms with van der Waals surface area (Å²) in [6, 6.07) is 4.28. The molecule has 0 aromatic carbocycles. The predicted molar refractivity (Wildman–Crippen MR) is 74.0 cm³/mol. The molecule has 0 radical (unpaired) electrons.